The number of carbonyl (C=O) groups excluding carboxylic acids is 1. The SMILES string of the molecule is CCNC(C)(C)C(=O)N[C@H](C)c1cccs1. The second-order valence-electron chi connectivity index (χ2n) is 4.37. The summed E-state index contributed by atoms with van der Waals surface area (Å²) in [7, 11) is 0. The van der Waals surface area contributed by atoms with E-state index in [0.29, 0.717) is 0 Å². The van der Waals surface area contributed by atoms with E-state index in [-0.39, 0.29) is 11.9 Å². The topological polar surface area (TPSA) is 41.1 Å². The van der Waals surface area contributed by atoms with Gasteiger partial charge < -0.3 is 10.6 Å². The highest BCUT2D eigenvalue weighted by Crippen LogP contribution is 2.18. The fraction of sp³-hybridized carbons (Fsp3) is 0.583. The second-order valence-corrected chi connectivity index (χ2v) is 5.35. The molecule has 0 aliphatic rings. The van der Waals surface area contributed by atoms with Gasteiger partial charge in [-0.1, -0.05) is 13.0 Å². The fourth-order valence-corrected chi connectivity index (χ4v) is 2.24. The Labute approximate surface area is 101 Å². The van der Waals surface area contributed by atoms with Gasteiger partial charge in [0.1, 0.15) is 0 Å². The number of thiophene rings is 1. The van der Waals surface area contributed by atoms with Crippen LogP contribution in [0.15, 0.2) is 17.5 Å². The van der Waals surface area contributed by atoms with E-state index in [1.807, 2.05) is 45.2 Å². The molecule has 3 nitrogen and oxygen atoms in total. The fourth-order valence-electron chi connectivity index (χ4n) is 1.51. The first-order valence-electron chi connectivity index (χ1n) is 5.56. The van der Waals surface area contributed by atoms with Crippen molar-refractivity contribution in [3.8, 4) is 0 Å². The summed E-state index contributed by atoms with van der Waals surface area (Å²) < 4.78 is 0. The lowest BCUT2D eigenvalue weighted by atomic mass is 10.0. The van der Waals surface area contributed by atoms with Crippen molar-refractivity contribution in [2.75, 3.05) is 6.54 Å². The van der Waals surface area contributed by atoms with Gasteiger partial charge in [0.2, 0.25) is 5.91 Å². The molecule has 1 aromatic rings. The van der Waals surface area contributed by atoms with Gasteiger partial charge in [-0.3, -0.25) is 4.79 Å². The Bertz CT molecular complexity index is 333. The van der Waals surface area contributed by atoms with E-state index in [1.54, 1.807) is 11.3 Å². The van der Waals surface area contributed by atoms with E-state index < -0.39 is 5.54 Å². The van der Waals surface area contributed by atoms with Crippen molar-refractivity contribution in [3.63, 3.8) is 0 Å². The van der Waals surface area contributed by atoms with Crippen molar-refractivity contribution in [1.29, 1.82) is 0 Å². The van der Waals surface area contributed by atoms with Gasteiger partial charge in [0.25, 0.3) is 0 Å². The molecule has 1 aromatic heterocycles. The van der Waals surface area contributed by atoms with Crippen molar-refractivity contribution in [2.45, 2.75) is 39.3 Å². The van der Waals surface area contributed by atoms with Gasteiger partial charge in [-0.25, -0.2) is 0 Å². The Balaban J connectivity index is 2.57. The van der Waals surface area contributed by atoms with Crippen LogP contribution in [0.5, 0.6) is 0 Å². The van der Waals surface area contributed by atoms with Gasteiger partial charge in [-0.2, -0.15) is 0 Å². The molecule has 1 rings (SSSR count). The lowest BCUT2D eigenvalue weighted by Crippen LogP contribution is -2.52. The first-order chi connectivity index (χ1) is 7.47. The number of rotatable bonds is 5. The molecule has 0 bridgehead atoms. The molecule has 90 valence electrons. The Kier molecular flexibility index (Phi) is 4.50. The maximum atomic E-state index is 12.0. The van der Waals surface area contributed by atoms with E-state index in [0.717, 1.165) is 6.54 Å². The minimum atomic E-state index is -0.514. The average molecular weight is 240 g/mol. The Morgan fingerprint density at radius 2 is 2.25 bits per heavy atom. The van der Waals surface area contributed by atoms with Gasteiger partial charge in [0.15, 0.2) is 0 Å². The van der Waals surface area contributed by atoms with Gasteiger partial charge in [0, 0.05) is 4.88 Å². The molecule has 4 heteroatoms. The van der Waals surface area contributed by atoms with Crippen LogP contribution in [-0.2, 0) is 4.79 Å². The Hall–Kier alpha value is -0.870. The molecule has 0 aromatic carbocycles. The van der Waals surface area contributed by atoms with Crippen LogP contribution in [0, 0.1) is 0 Å². The maximum Gasteiger partial charge on any atom is 0.240 e. The van der Waals surface area contributed by atoms with Gasteiger partial charge in [-0.05, 0) is 38.8 Å². The molecular formula is C12H20N2OS. The summed E-state index contributed by atoms with van der Waals surface area (Å²) in [6.07, 6.45) is 0. The highest BCUT2D eigenvalue weighted by atomic mass is 32.1. The van der Waals surface area contributed by atoms with E-state index in [4.69, 9.17) is 0 Å². The summed E-state index contributed by atoms with van der Waals surface area (Å²) in [5.41, 5.74) is -0.514. The summed E-state index contributed by atoms with van der Waals surface area (Å²) in [4.78, 5) is 13.2. The first kappa shape index (κ1) is 13.2. The zero-order valence-corrected chi connectivity index (χ0v) is 11.1. The normalized spacial score (nSPS) is 13.5. The highest BCUT2D eigenvalue weighted by Gasteiger charge is 2.27. The predicted molar refractivity (Wildman–Crippen MR) is 68.6 cm³/mol. The largest absolute Gasteiger partial charge is 0.347 e. The second kappa shape index (κ2) is 5.46. The molecule has 2 N–H and O–H groups in total. The molecule has 16 heavy (non-hydrogen) atoms. The summed E-state index contributed by atoms with van der Waals surface area (Å²) in [5, 5.41) is 8.20. The van der Waals surface area contributed by atoms with Crippen LogP contribution < -0.4 is 10.6 Å². The Morgan fingerprint density at radius 3 is 2.75 bits per heavy atom. The molecule has 1 atom stereocenters. The lowest BCUT2D eigenvalue weighted by molar-refractivity contribution is -0.127. The quantitative estimate of drug-likeness (QED) is 0.829. The third kappa shape index (κ3) is 3.32. The summed E-state index contributed by atoms with van der Waals surface area (Å²) in [6.45, 7) is 8.58. The molecule has 0 saturated carbocycles. The molecule has 1 amide bonds. The molecule has 0 fully saturated rings. The molecular weight excluding hydrogens is 220 g/mol. The zero-order chi connectivity index (χ0) is 12.2. The minimum Gasteiger partial charge on any atom is -0.347 e. The number of nitrogens with one attached hydrogen (secondary N) is 2. The van der Waals surface area contributed by atoms with Crippen LogP contribution in [0.1, 0.15) is 38.6 Å². The van der Waals surface area contributed by atoms with Gasteiger partial charge in [-0.15, -0.1) is 11.3 Å². The number of hydrogen-bond acceptors (Lipinski definition) is 3. The molecule has 0 aliphatic carbocycles. The van der Waals surface area contributed by atoms with Crippen LogP contribution in [0.4, 0.5) is 0 Å². The number of likely N-dealkylation sites (N-methyl/N-ethyl adjacent to an activating group) is 1. The molecule has 1 heterocycles. The molecule has 0 radical (unpaired) electrons. The van der Waals surface area contributed by atoms with Crippen molar-refractivity contribution in [2.24, 2.45) is 0 Å². The summed E-state index contributed by atoms with van der Waals surface area (Å²) >= 11 is 1.66. The molecule has 0 aliphatic heterocycles. The highest BCUT2D eigenvalue weighted by molar-refractivity contribution is 7.10. The van der Waals surface area contributed by atoms with E-state index in [1.165, 1.54) is 4.88 Å². The molecule has 0 spiro atoms. The third-order valence-electron chi connectivity index (χ3n) is 2.50. The average Bonchev–Trinajstić information content (AvgIpc) is 2.70. The van der Waals surface area contributed by atoms with Gasteiger partial charge in [0.05, 0.1) is 11.6 Å². The van der Waals surface area contributed by atoms with E-state index in [9.17, 15) is 4.79 Å². The number of amides is 1. The number of carbonyl (C=O) groups is 1. The summed E-state index contributed by atoms with van der Waals surface area (Å²) in [6, 6.07) is 4.11. The zero-order valence-electron chi connectivity index (χ0n) is 10.3. The van der Waals surface area contributed by atoms with Crippen LogP contribution in [0.2, 0.25) is 0 Å². The van der Waals surface area contributed by atoms with Crippen LogP contribution >= 0.6 is 11.3 Å². The molecule has 0 unspecified atom stereocenters. The smallest absolute Gasteiger partial charge is 0.240 e. The van der Waals surface area contributed by atoms with Crippen molar-refractivity contribution >= 4 is 17.2 Å². The minimum absolute atomic E-state index is 0.0373. The Morgan fingerprint density at radius 1 is 1.56 bits per heavy atom. The van der Waals surface area contributed by atoms with Crippen LogP contribution in [-0.4, -0.2) is 18.0 Å². The maximum absolute atomic E-state index is 12.0. The molecule has 0 saturated heterocycles. The van der Waals surface area contributed by atoms with Crippen molar-refractivity contribution < 1.29 is 4.79 Å². The van der Waals surface area contributed by atoms with E-state index >= 15 is 0 Å². The van der Waals surface area contributed by atoms with Crippen molar-refractivity contribution in [1.82, 2.24) is 10.6 Å². The van der Waals surface area contributed by atoms with Crippen LogP contribution in [0.3, 0.4) is 0 Å². The first-order valence-corrected chi connectivity index (χ1v) is 6.44. The monoisotopic (exact) mass is 240 g/mol. The summed E-state index contributed by atoms with van der Waals surface area (Å²) in [5.74, 6) is 0.0373. The lowest BCUT2D eigenvalue weighted by Gasteiger charge is -2.26. The van der Waals surface area contributed by atoms with Crippen LogP contribution in [0.25, 0.3) is 0 Å². The van der Waals surface area contributed by atoms with E-state index in [2.05, 4.69) is 10.6 Å². The van der Waals surface area contributed by atoms with Crippen molar-refractivity contribution in [3.05, 3.63) is 22.4 Å². The van der Waals surface area contributed by atoms with Gasteiger partial charge >= 0.3 is 0 Å². The standard InChI is InChI=1S/C12H20N2OS/c1-5-13-12(3,4)11(15)14-9(2)10-7-6-8-16-10/h6-9,13H,5H2,1-4H3,(H,14,15)/t9-/m1/s1. The predicted octanol–water partition coefficient (Wildman–Crippen LogP) is 2.31. The third-order valence-corrected chi connectivity index (χ3v) is 3.56. The number of hydrogen-bond donors (Lipinski definition) is 2.